The van der Waals surface area contributed by atoms with Crippen molar-refractivity contribution in [3.05, 3.63) is 17.3 Å². The van der Waals surface area contributed by atoms with Gasteiger partial charge in [0.05, 0.1) is 11.4 Å². The second-order valence-corrected chi connectivity index (χ2v) is 7.12. The van der Waals surface area contributed by atoms with E-state index >= 15 is 0 Å². The summed E-state index contributed by atoms with van der Waals surface area (Å²) in [7, 11) is -3.12. The molecule has 0 spiro atoms. The van der Waals surface area contributed by atoms with Crippen molar-refractivity contribution in [2.75, 3.05) is 25.4 Å². The van der Waals surface area contributed by atoms with Gasteiger partial charge in [-0.2, -0.15) is 0 Å². The van der Waals surface area contributed by atoms with E-state index in [1.54, 1.807) is 6.92 Å². The Hall–Kier alpha value is -0.880. The van der Waals surface area contributed by atoms with Crippen LogP contribution in [0, 0.1) is 13.8 Å². The van der Waals surface area contributed by atoms with Crippen molar-refractivity contribution in [3.63, 3.8) is 0 Å². The Bertz CT molecular complexity index is 596. The van der Waals surface area contributed by atoms with Gasteiger partial charge in [0.1, 0.15) is 12.3 Å². The summed E-state index contributed by atoms with van der Waals surface area (Å²) in [5.41, 5.74) is 0.872. The summed E-state index contributed by atoms with van der Waals surface area (Å²) in [5, 5.41) is 6.27. The van der Waals surface area contributed by atoms with Gasteiger partial charge in [-0.25, -0.2) is 23.1 Å². The summed E-state index contributed by atoms with van der Waals surface area (Å²) in [5.74, 6) is 2.13. The predicted octanol–water partition coefficient (Wildman–Crippen LogP) is 1.29. The number of oxazole rings is 1. The fraction of sp³-hybridized carbons (Fsp3) is 0.714. The minimum Gasteiger partial charge on any atom is -0.444 e. The van der Waals surface area contributed by atoms with Crippen LogP contribution < -0.4 is 15.4 Å². The zero-order chi connectivity index (χ0) is 17.3. The lowest BCUT2D eigenvalue weighted by atomic mass is 10.4. The standard InChI is InChI=1S/C14H27N5O3S.HI/c1-5-15-14(16-8-7-9-18-23(20,21)6-2)17-10-13-19-11(3)12(4)22-13;/h18H,5-10H2,1-4H3,(H2,15,16,17);1H. The van der Waals surface area contributed by atoms with Gasteiger partial charge in [-0.15, -0.1) is 24.0 Å². The van der Waals surface area contributed by atoms with Crippen molar-refractivity contribution in [2.45, 2.75) is 40.7 Å². The molecule has 10 heteroatoms. The molecule has 8 nitrogen and oxygen atoms in total. The number of nitrogens with zero attached hydrogens (tertiary/aromatic N) is 2. The molecule has 0 atom stereocenters. The van der Waals surface area contributed by atoms with E-state index in [0.717, 1.165) is 18.0 Å². The van der Waals surface area contributed by atoms with Gasteiger partial charge in [-0.3, -0.25) is 0 Å². The van der Waals surface area contributed by atoms with Gasteiger partial charge in [0.2, 0.25) is 15.9 Å². The molecule has 1 aromatic heterocycles. The van der Waals surface area contributed by atoms with Crippen molar-refractivity contribution in [3.8, 4) is 0 Å². The van der Waals surface area contributed by atoms with E-state index < -0.39 is 10.0 Å². The minimum absolute atomic E-state index is 0. The number of aryl methyl sites for hydroxylation is 2. The average molecular weight is 473 g/mol. The molecule has 0 fully saturated rings. The first-order valence-electron chi connectivity index (χ1n) is 7.80. The average Bonchev–Trinajstić information content (AvgIpc) is 2.83. The van der Waals surface area contributed by atoms with Crippen LogP contribution in [0.25, 0.3) is 0 Å². The predicted molar refractivity (Wildman–Crippen MR) is 106 cm³/mol. The van der Waals surface area contributed by atoms with Gasteiger partial charge in [0.15, 0.2) is 5.96 Å². The molecule has 0 amide bonds. The van der Waals surface area contributed by atoms with Crippen molar-refractivity contribution in [2.24, 2.45) is 4.99 Å². The lowest BCUT2D eigenvalue weighted by Gasteiger charge is -2.11. The highest BCUT2D eigenvalue weighted by Crippen LogP contribution is 2.08. The molecule has 1 heterocycles. The van der Waals surface area contributed by atoms with Gasteiger partial charge < -0.3 is 15.1 Å². The molecule has 0 bridgehead atoms. The molecule has 0 aliphatic heterocycles. The first-order chi connectivity index (χ1) is 10.9. The Kier molecular flexibility index (Phi) is 11.2. The van der Waals surface area contributed by atoms with Gasteiger partial charge in [0.25, 0.3) is 0 Å². The van der Waals surface area contributed by atoms with E-state index in [0.29, 0.717) is 37.9 Å². The second kappa shape index (κ2) is 11.6. The molecule has 0 unspecified atom stereocenters. The van der Waals surface area contributed by atoms with Crippen LogP contribution in [0.1, 0.15) is 37.6 Å². The first-order valence-corrected chi connectivity index (χ1v) is 9.45. The summed E-state index contributed by atoms with van der Waals surface area (Å²) in [4.78, 5) is 8.68. The summed E-state index contributed by atoms with van der Waals surface area (Å²) >= 11 is 0. The van der Waals surface area contributed by atoms with Crippen LogP contribution in [0.4, 0.5) is 0 Å². The number of guanidine groups is 1. The zero-order valence-corrected chi connectivity index (χ0v) is 17.8. The lowest BCUT2D eigenvalue weighted by Crippen LogP contribution is -2.38. The number of aliphatic imine (C=N–C) groups is 1. The fourth-order valence-corrected chi connectivity index (χ4v) is 2.38. The van der Waals surface area contributed by atoms with Crippen LogP contribution in [0.5, 0.6) is 0 Å². The second-order valence-electron chi connectivity index (χ2n) is 5.02. The van der Waals surface area contributed by atoms with E-state index in [2.05, 4.69) is 25.3 Å². The Morgan fingerprint density at radius 1 is 1.21 bits per heavy atom. The van der Waals surface area contributed by atoms with Crippen molar-refractivity contribution >= 4 is 40.0 Å². The Balaban J connectivity index is 0.00000529. The molecule has 0 aromatic carbocycles. The third-order valence-corrected chi connectivity index (χ3v) is 4.54. The maximum Gasteiger partial charge on any atom is 0.216 e. The van der Waals surface area contributed by atoms with Crippen molar-refractivity contribution in [1.29, 1.82) is 0 Å². The highest BCUT2D eigenvalue weighted by Gasteiger charge is 2.06. The Morgan fingerprint density at radius 3 is 2.46 bits per heavy atom. The van der Waals surface area contributed by atoms with Crippen molar-refractivity contribution in [1.82, 2.24) is 20.3 Å². The Morgan fingerprint density at radius 2 is 1.92 bits per heavy atom. The maximum absolute atomic E-state index is 11.3. The van der Waals surface area contributed by atoms with Crippen LogP contribution in [-0.2, 0) is 16.6 Å². The molecule has 1 aromatic rings. The minimum atomic E-state index is -3.12. The SMILES string of the molecule is CCNC(=NCc1nc(C)c(C)o1)NCCCNS(=O)(=O)CC.I. The molecule has 0 aliphatic carbocycles. The Labute approximate surface area is 161 Å². The number of aromatic nitrogens is 1. The maximum atomic E-state index is 11.3. The van der Waals surface area contributed by atoms with Gasteiger partial charge in [-0.1, -0.05) is 0 Å². The van der Waals surface area contributed by atoms with E-state index in [1.807, 2.05) is 20.8 Å². The van der Waals surface area contributed by atoms with E-state index in [4.69, 9.17) is 4.42 Å². The van der Waals surface area contributed by atoms with Crippen molar-refractivity contribution < 1.29 is 12.8 Å². The van der Waals surface area contributed by atoms with Gasteiger partial charge in [-0.05, 0) is 34.1 Å². The molecular weight excluding hydrogens is 445 g/mol. The third kappa shape index (κ3) is 8.83. The third-order valence-electron chi connectivity index (χ3n) is 3.14. The number of hydrogen-bond acceptors (Lipinski definition) is 5. The molecule has 24 heavy (non-hydrogen) atoms. The quantitative estimate of drug-likeness (QED) is 0.216. The molecule has 140 valence electrons. The topological polar surface area (TPSA) is 109 Å². The highest BCUT2D eigenvalue weighted by atomic mass is 127. The molecule has 3 N–H and O–H groups in total. The summed E-state index contributed by atoms with van der Waals surface area (Å²) < 4.78 is 30.6. The molecule has 0 saturated heterocycles. The van der Waals surface area contributed by atoms with E-state index in [-0.39, 0.29) is 29.7 Å². The first kappa shape index (κ1) is 23.1. The lowest BCUT2D eigenvalue weighted by molar-refractivity contribution is 0.472. The van der Waals surface area contributed by atoms with E-state index in [1.165, 1.54) is 0 Å². The summed E-state index contributed by atoms with van der Waals surface area (Å²) in [6.07, 6.45) is 0.668. The highest BCUT2D eigenvalue weighted by molar-refractivity contribution is 14.0. The molecule has 0 saturated carbocycles. The smallest absolute Gasteiger partial charge is 0.216 e. The number of nitrogens with one attached hydrogen (secondary N) is 3. The number of rotatable bonds is 9. The van der Waals surface area contributed by atoms with Gasteiger partial charge in [0, 0.05) is 19.6 Å². The van der Waals surface area contributed by atoms with Crippen LogP contribution in [0.2, 0.25) is 0 Å². The molecule has 0 aliphatic rings. The van der Waals surface area contributed by atoms with Crippen LogP contribution in [-0.4, -0.2) is 44.7 Å². The van der Waals surface area contributed by atoms with Crippen LogP contribution in [0.3, 0.4) is 0 Å². The summed E-state index contributed by atoms with van der Waals surface area (Å²) in [6.45, 7) is 9.46. The van der Waals surface area contributed by atoms with Crippen LogP contribution in [0.15, 0.2) is 9.41 Å². The zero-order valence-electron chi connectivity index (χ0n) is 14.7. The number of halogens is 1. The molecular formula is C14H28IN5O3S. The molecule has 1 rings (SSSR count). The molecule has 0 radical (unpaired) electrons. The van der Waals surface area contributed by atoms with Gasteiger partial charge >= 0.3 is 0 Å². The number of hydrogen-bond donors (Lipinski definition) is 3. The fourth-order valence-electron chi connectivity index (χ4n) is 1.72. The monoisotopic (exact) mass is 473 g/mol. The summed E-state index contributed by atoms with van der Waals surface area (Å²) in [6, 6.07) is 0. The largest absolute Gasteiger partial charge is 0.444 e. The normalized spacial score (nSPS) is 11.9. The van der Waals surface area contributed by atoms with Crippen LogP contribution >= 0.6 is 24.0 Å². The van der Waals surface area contributed by atoms with E-state index in [9.17, 15) is 8.42 Å². The number of sulfonamides is 1.